The quantitative estimate of drug-likeness (QED) is 0.904. The predicted molar refractivity (Wildman–Crippen MR) is 93.4 cm³/mol. The molecule has 1 amide bonds. The molecule has 0 spiro atoms. The summed E-state index contributed by atoms with van der Waals surface area (Å²) in [7, 11) is -1.66. The highest BCUT2D eigenvalue weighted by Crippen LogP contribution is 2.24. The van der Waals surface area contributed by atoms with Gasteiger partial charge in [-0.05, 0) is 30.2 Å². The van der Waals surface area contributed by atoms with E-state index in [1.165, 1.54) is 0 Å². The number of benzene rings is 2. The summed E-state index contributed by atoms with van der Waals surface area (Å²) in [4.78, 5) is 14.1. The highest BCUT2D eigenvalue weighted by Gasteiger charge is 2.29. The molecular weight excluding hydrogens is 324 g/mol. The third-order valence-electron chi connectivity index (χ3n) is 4.22. The summed E-state index contributed by atoms with van der Waals surface area (Å²) in [6, 6.07) is 15.4. The van der Waals surface area contributed by atoms with Gasteiger partial charge in [-0.15, -0.1) is 0 Å². The summed E-state index contributed by atoms with van der Waals surface area (Å²) in [6.45, 7) is 0.709. The Morgan fingerprint density at radius 1 is 1.08 bits per heavy atom. The van der Waals surface area contributed by atoms with Crippen molar-refractivity contribution in [1.82, 2.24) is 4.90 Å². The fraction of sp³-hybridized carbons (Fsp3) is 0.278. The Bertz CT molecular complexity index is 834. The molecule has 1 heterocycles. The van der Waals surface area contributed by atoms with Crippen LogP contribution in [0.3, 0.4) is 0 Å². The average Bonchev–Trinajstić information content (AvgIpc) is 2.89. The minimum Gasteiger partial charge on any atom is -0.373 e. The molecule has 2 aromatic carbocycles. The van der Waals surface area contributed by atoms with Crippen molar-refractivity contribution in [3.05, 3.63) is 60.2 Å². The zero-order chi connectivity index (χ0) is 17.2. The second kappa shape index (κ2) is 6.65. The molecule has 0 aliphatic carbocycles. The number of hydrogen-bond acceptors (Lipinski definition) is 4. The van der Waals surface area contributed by atoms with Gasteiger partial charge in [-0.25, -0.2) is 8.42 Å². The molecule has 0 aromatic heterocycles. The molecule has 3 rings (SSSR count). The maximum Gasteiger partial charge on any atom is 0.244 e. The van der Waals surface area contributed by atoms with Crippen molar-refractivity contribution in [3.8, 4) is 0 Å². The molecule has 0 bridgehead atoms. The largest absolute Gasteiger partial charge is 0.373 e. The summed E-state index contributed by atoms with van der Waals surface area (Å²) in [5.74, 6) is -0.0626. The van der Waals surface area contributed by atoms with Crippen molar-refractivity contribution in [2.75, 3.05) is 18.9 Å². The molecule has 1 N–H and O–H groups in total. The summed E-state index contributed by atoms with van der Waals surface area (Å²) >= 11 is 0. The fourth-order valence-corrected chi connectivity index (χ4v) is 4.25. The number of rotatable bonds is 5. The van der Waals surface area contributed by atoms with E-state index in [2.05, 4.69) is 5.32 Å². The Labute approximate surface area is 142 Å². The fourth-order valence-electron chi connectivity index (χ4n) is 2.85. The number of nitrogens with zero attached hydrogens (tertiary/aromatic N) is 1. The van der Waals surface area contributed by atoms with E-state index in [-0.39, 0.29) is 17.7 Å². The van der Waals surface area contributed by atoms with Crippen molar-refractivity contribution < 1.29 is 13.2 Å². The summed E-state index contributed by atoms with van der Waals surface area (Å²) in [5, 5.41) is 3.21. The van der Waals surface area contributed by atoms with Crippen molar-refractivity contribution in [2.45, 2.75) is 23.1 Å². The maximum atomic E-state index is 12.6. The minimum atomic E-state index is -3.43. The Morgan fingerprint density at radius 3 is 2.42 bits per heavy atom. The normalized spacial score (nSPS) is 18.0. The van der Waals surface area contributed by atoms with Gasteiger partial charge in [0.2, 0.25) is 5.91 Å². The van der Waals surface area contributed by atoms with E-state index in [0.29, 0.717) is 22.7 Å². The molecule has 126 valence electrons. The van der Waals surface area contributed by atoms with Gasteiger partial charge in [0.25, 0.3) is 0 Å². The first-order valence-electron chi connectivity index (χ1n) is 7.84. The first-order valence-corrected chi connectivity index (χ1v) is 9.50. The van der Waals surface area contributed by atoms with E-state index in [0.717, 1.165) is 6.42 Å². The summed E-state index contributed by atoms with van der Waals surface area (Å²) in [5.41, 5.74) is 1.37. The van der Waals surface area contributed by atoms with Crippen molar-refractivity contribution >= 4 is 21.4 Å². The van der Waals surface area contributed by atoms with Crippen molar-refractivity contribution in [2.24, 2.45) is 0 Å². The van der Waals surface area contributed by atoms with Crippen LogP contribution < -0.4 is 5.32 Å². The molecular formula is C18H20N2O3S. The summed E-state index contributed by atoms with van der Waals surface area (Å²) in [6.07, 6.45) is 0.717. The van der Waals surface area contributed by atoms with E-state index in [1.54, 1.807) is 48.3 Å². The van der Waals surface area contributed by atoms with E-state index >= 15 is 0 Å². The molecule has 1 fully saturated rings. The van der Waals surface area contributed by atoms with Gasteiger partial charge in [0.15, 0.2) is 9.84 Å². The Hall–Kier alpha value is -2.34. The van der Waals surface area contributed by atoms with Crippen molar-refractivity contribution in [3.63, 3.8) is 0 Å². The molecule has 2 aromatic rings. The molecule has 0 unspecified atom stereocenters. The van der Waals surface area contributed by atoms with E-state index < -0.39 is 9.84 Å². The Kier molecular flexibility index (Phi) is 4.57. The van der Waals surface area contributed by atoms with Gasteiger partial charge in [0.1, 0.15) is 6.04 Å². The molecule has 1 atom stereocenters. The average molecular weight is 344 g/mol. The van der Waals surface area contributed by atoms with Crippen LogP contribution in [0.4, 0.5) is 5.69 Å². The van der Waals surface area contributed by atoms with E-state index in [1.807, 2.05) is 18.2 Å². The lowest BCUT2D eigenvalue weighted by molar-refractivity contribution is -0.127. The molecule has 5 nitrogen and oxygen atoms in total. The molecule has 24 heavy (non-hydrogen) atoms. The minimum absolute atomic E-state index is 0.0377. The predicted octanol–water partition coefficient (Wildman–Crippen LogP) is 2.30. The van der Waals surface area contributed by atoms with Gasteiger partial charge in [0.05, 0.1) is 10.6 Å². The highest BCUT2D eigenvalue weighted by molar-refractivity contribution is 7.90. The SMILES string of the molecule is CN1CC[C@@H](Nc2ccccc2CS(=O)(=O)c2ccccc2)C1=O. The zero-order valence-corrected chi connectivity index (χ0v) is 14.3. The number of anilines is 1. The third-order valence-corrected chi connectivity index (χ3v) is 5.90. The number of likely N-dealkylation sites (N-methyl/N-ethyl adjacent to an activating group) is 1. The van der Waals surface area contributed by atoms with Crippen LogP contribution in [0.1, 0.15) is 12.0 Å². The zero-order valence-electron chi connectivity index (χ0n) is 13.5. The second-order valence-electron chi connectivity index (χ2n) is 5.97. The van der Waals surface area contributed by atoms with Crippen LogP contribution in [0.5, 0.6) is 0 Å². The second-order valence-corrected chi connectivity index (χ2v) is 7.96. The number of amides is 1. The number of carbonyl (C=O) groups excluding carboxylic acids is 1. The lowest BCUT2D eigenvalue weighted by Crippen LogP contribution is -2.31. The number of carbonyl (C=O) groups is 1. The molecule has 1 saturated heterocycles. The van der Waals surface area contributed by atoms with E-state index in [9.17, 15) is 13.2 Å². The molecule has 6 heteroatoms. The van der Waals surface area contributed by atoms with Gasteiger partial charge >= 0.3 is 0 Å². The van der Waals surface area contributed by atoms with Crippen LogP contribution in [-0.4, -0.2) is 38.9 Å². The van der Waals surface area contributed by atoms with Gasteiger partial charge in [-0.1, -0.05) is 36.4 Å². The van der Waals surface area contributed by atoms with Crippen LogP contribution in [0.2, 0.25) is 0 Å². The Morgan fingerprint density at radius 2 is 1.75 bits per heavy atom. The van der Waals surface area contributed by atoms with E-state index in [4.69, 9.17) is 0 Å². The highest BCUT2D eigenvalue weighted by atomic mass is 32.2. The number of nitrogens with one attached hydrogen (secondary N) is 1. The third kappa shape index (κ3) is 3.43. The first kappa shape index (κ1) is 16.5. The number of hydrogen-bond donors (Lipinski definition) is 1. The van der Waals surface area contributed by atoms with Gasteiger partial charge in [0, 0.05) is 19.3 Å². The smallest absolute Gasteiger partial charge is 0.244 e. The summed E-state index contributed by atoms with van der Waals surface area (Å²) < 4.78 is 25.2. The Balaban J connectivity index is 1.84. The maximum absolute atomic E-state index is 12.6. The molecule has 1 aliphatic rings. The topological polar surface area (TPSA) is 66.5 Å². The number of likely N-dealkylation sites (tertiary alicyclic amines) is 1. The van der Waals surface area contributed by atoms with Gasteiger partial charge in [-0.2, -0.15) is 0 Å². The van der Waals surface area contributed by atoms with Crippen LogP contribution >= 0.6 is 0 Å². The number of sulfone groups is 1. The van der Waals surface area contributed by atoms with Gasteiger partial charge < -0.3 is 10.2 Å². The van der Waals surface area contributed by atoms with Crippen LogP contribution in [0.25, 0.3) is 0 Å². The lowest BCUT2D eigenvalue weighted by Gasteiger charge is -2.17. The lowest BCUT2D eigenvalue weighted by atomic mass is 10.1. The first-order chi connectivity index (χ1) is 11.5. The monoisotopic (exact) mass is 344 g/mol. The number of para-hydroxylation sites is 1. The standard InChI is InChI=1S/C18H20N2O3S/c1-20-12-11-17(18(20)21)19-16-10-6-5-7-14(16)13-24(22,23)15-8-3-2-4-9-15/h2-10,17,19H,11-13H2,1H3/t17-/m1/s1. The molecule has 0 saturated carbocycles. The van der Waals surface area contributed by atoms with Crippen LogP contribution in [-0.2, 0) is 20.4 Å². The van der Waals surface area contributed by atoms with Crippen LogP contribution in [0, 0.1) is 0 Å². The van der Waals surface area contributed by atoms with Crippen LogP contribution in [0.15, 0.2) is 59.5 Å². The van der Waals surface area contributed by atoms with Gasteiger partial charge in [-0.3, -0.25) is 4.79 Å². The molecule has 1 aliphatic heterocycles. The van der Waals surface area contributed by atoms with Crippen molar-refractivity contribution in [1.29, 1.82) is 0 Å². The molecule has 0 radical (unpaired) electrons.